The Labute approximate surface area is 135 Å². The van der Waals surface area contributed by atoms with Gasteiger partial charge in [-0.2, -0.15) is 0 Å². The first-order valence-corrected chi connectivity index (χ1v) is 7.67. The van der Waals surface area contributed by atoms with Crippen LogP contribution >= 0.6 is 0 Å². The van der Waals surface area contributed by atoms with Crippen LogP contribution < -0.4 is 4.74 Å². The zero-order valence-corrected chi connectivity index (χ0v) is 12.9. The number of aryl methyl sites for hydroxylation is 1. The van der Waals surface area contributed by atoms with Gasteiger partial charge in [-0.25, -0.2) is 4.39 Å². The Balaban J connectivity index is 1.53. The largest absolute Gasteiger partial charge is 0.491 e. The van der Waals surface area contributed by atoms with E-state index in [2.05, 4.69) is 4.98 Å². The number of para-hydroxylation sites is 1. The Morgan fingerprint density at radius 1 is 1.04 bits per heavy atom. The first kappa shape index (κ1) is 16.9. The van der Waals surface area contributed by atoms with Crippen LogP contribution in [0.1, 0.15) is 24.8 Å². The fraction of sp³-hybridized carbons (Fsp3) is 0.333. The van der Waals surface area contributed by atoms with Crippen molar-refractivity contribution >= 4 is 5.97 Å². The number of nitrogens with zero attached hydrogens (tertiary/aromatic N) is 1. The van der Waals surface area contributed by atoms with Crippen LogP contribution in [0.5, 0.6) is 5.75 Å². The van der Waals surface area contributed by atoms with Crippen molar-refractivity contribution in [3.05, 3.63) is 60.2 Å². The lowest BCUT2D eigenvalue weighted by Gasteiger charge is -2.07. The molecule has 0 saturated carbocycles. The molecule has 4 nitrogen and oxygen atoms in total. The fourth-order valence-corrected chi connectivity index (χ4v) is 2.04. The second-order valence-corrected chi connectivity index (χ2v) is 5.06. The summed E-state index contributed by atoms with van der Waals surface area (Å²) < 4.78 is 23.7. The molecule has 0 bridgehead atoms. The molecule has 2 rings (SSSR count). The number of aromatic nitrogens is 1. The van der Waals surface area contributed by atoms with Crippen molar-refractivity contribution in [2.75, 3.05) is 13.2 Å². The van der Waals surface area contributed by atoms with E-state index in [1.54, 1.807) is 30.6 Å². The van der Waals surface area contributed by atoms with Gasteiger partial charge in [-0.3, -0.25) is 9.78 Å². The molecule has 1 aromatic carbocycles. The van der Waals surface area contributed by atoms with E-state index in [1.807, 2.05) is 12.1 Å². The van der Waals surface area contributed by atoms with Gasteiger partial charge in [0.05, 0.1) is 13.2 Å². The molecule has 0 saturated heterocycles. The Kier molecular flexibility index (Phi) is 7.04. The molecule has 122 valence electrons. The van der Waals surface area contributed by atoms with Crippen LogP contribution in [0.2, 0.25) is 0 Å². The normalized spacial score (nSPS) is 10.3. The minimum atomic E-state index is -0.397. The van der Waals surface area contributed by atoms with E-state index in [0.29, 0.717) is 13.0 Å². The Bertz CT molecular complexity index is 604. The highest BCUT2D eigenvalue weighted by atomic mass is 19.1. The van der Waals surface area contributed by atoms with Crippen molar-refractivity contribution in [2.24, 2.45) is 0 Å². The standard InChI is InChI=1S/C18H20FNO3/c19-16-6-1-2-7-17(16)22-13-4-8-18(21)23-14-3-5-15-9-11-20-12-10-15/h1-2,6-7,9-12H,3-5,8,13-14H2. The van der Waals surface area contributed by atoms with Gasteiger partial charge in [0, 0.05) is 18.8 Å². The van der Waals surface area contributed by atoms with Crippen molar-refractivity contribution < 1.29 is 18.7 Å². The summed E-state index contributed by atoms with van der Waals surface area (Å²) in [5.74, 6) is -0.443. The van der Waals surface area contributed by atoms with Crippen molar-refractivity contribution in [1.29, 1.82) is 0 Å². The SMILES string of the molecule is O=C(CCCOc1ccccc1F)OCCCc1ccncc1. The third kappa shape index (κ3) is 6.46. The van der Waals surface area contributed by atoms with Crippen LogP contribution in [0, 0.1) is 5.82 Å². The maximum atomic E-state index is 13.3. The summed E-state index contributed by atoms with van der Waals surface area (Å²) >= 11 is 0. The van der Waals surface area contributed by atoms with Gasteiger partial charge >= 0.3 is 5.97 Å². The molecule has 0 amide bonds. The molecular formula is C18H20FNO3. The minimum Gasteiger partial charge on any atom is -0.491 e. The first-order chi connectivity index (χ1) is 11.3. The molecule has 1 aromatic heterocycles. The van der Waals surface area contributed by atoms with Gasteiger partial charge in [-0.15, -0.1) is 0 Å². The molecule has 1 heterocycles. The van der Waals surface area contributed by atoms with Gasteiger partial charge in [0.1, 0.15) is 0 Å². The van der Waals surface area contributed by atoms with Gasteiger partial charge in [-0.1, -0.05) is 12.1 Å². The summed E-state index contributed by atoms with van der Waals surface area (Å²) in [4.78, 5) is 15.5. The van der Waals surface area contributed by atoms with Gasteiger partial charge in [0.2, 0.25) is 0 Å². The average molecular weight is 317 g/mol. The Morgan fingerprint density at radius 3 is 2.61 bits per heavy atom. The topological polar surface area (TPSA) is 48.4 Å². The van der Waals surface area contributed by atoms with E-state index in [-0.39, 0.29) is 24.7 Å². The zero-order chi connectivity index (χ0) is 16.3. The van der Waals surface area contributed by atoms with E-state index in [1.165, 1.54) is 11.6 Å². The second-order valence-electron chi connectivity index (χ2n) is 5.06. The maximum absolute atomic E-state index is 13.3. The molecule has 0 atom stereocenters. The molecule has 0 unspecified atom stereocenters. The monoisotopic (exact) mass is 317 g/mol. The van der Waals surface area contributed by atoms with Crippen molar-refractivity contribution in [2.45, 2.75) is 25.7 Å². The lowest BCUT2D eigenvalue weighted by atomic mass is 10.1. The molecule has 23 heavy (non-hydrogen) atoms. The van der Waals surface area contributed by atoms with Gasteiger partial charge in [0.15, 0.2) is 11.6 Å². The molecule has 0 N–H and O–H groups in total. The summed E-state index contributed by atoms with van der Waals surface area (Å²) in [6.45, 7) is 0.683. The predicted molar refractivity (Wildman–Crippen MR) is 84.6 cm³/mol. The van der Waals surface area contributed by atoms with Crippen LogP contribution in [0.15, 0.2) is 48.8 Å². The highest BCUT2D eigenvalue weighted by Crippen LogP contribution is 2.15. The molecule has 0 fully saturated rings. The molecule has 0 radical (unpaired) electrons. The molecule has 0 spiro atoms. The number of carbonyl (C=O) groups excluding carboxylic acids is 1. The van der Waals surface area contributed by atoms with E-state index in [0.717, 1.165) is 12.8 Å². The number of ether oxygens (including phenoxy) is 2. The summed E-state index contributed by atoms with van der Waals surface area (Å²) in [5, 5.41) is 0. The Morgan fingerprint density at radius 2 is 1.83 bits per heavy atom. The zero-order valence-electron chi connectivity index (χ0n) is 12.9. The van der Waals surface area contributed by atoms with Crippen molar-refractivity contribution in [1.82, 2.24) is 4.98 Å². The number of hydrogen-bond donors (Lipinski definition) is 0. The van der Waals surface area contributed by atoms with Crippen LogP contribution in [0.4, 0.5) is 4.39 Å². The molecular weight excluding hydrogens is 297 g/mol. The van der Waals surface area contributed by atoms with E-state index < -0.39 is 5.82 Å². The number of halogens is 1. The quantitative estimate of drug-likeness (QED) is 0.524. The number of pyridine rings is 1. The number of carbonyl (C=O) groups is 1. The minimum absolute atomic E-state index is 0.207. The lowest BCUT2D eigenvalue weighted by Crippen LogP contribution is -2.09. The number of benzene rings is 1. The maximum Gasteiger partial charge on any atom is 0.305 e. The van der Waals surface area contributed by atoms with Gasteiger partial charge < -0.3 is 9.47 Å². The van der Waals surface area contributed by atoms with Gasteiger partial charge in [-0.05, 0) is 49.1 Å². The Hall–Kier alpha value is -2.43. The van der Waals surface area contributed by atoms with Crippen molar-refractivity contribution in [3.63, 3.8) is 0 Å². The highest BCUT2D eigenvalue weighted by Gasteiger charge is 2.05. The third-order valence-electron chi connectivity index (χ3n) is 3.24. The first-order valence-electron chi connectivity index (χ1n) is 7.67. The second kappa shape index (κ2) is 9.56. The predicted octanol–water partition coefficient (Wildman–Crippen LogP) is 3.56. The van der Waals surface area contributed by atoms with Gasteiger partial charge in [0.25, 0.3) is 0 Å². The summed E-state index contributed by atoms with van der Waals surface area (Å²) in [5.41, 5.74) is 1.18. The lowest BCUT2D eigenvalue weighted by molar-refractivity contribution is -0.144. The summed E-state index contributed by atoms with van der Waals surface area (Å²) in [6, 6.07) is 10.1. The number of rotatable bonds is 9. The molecule has 0 aliphatic rings. The fourth-order valence-electron chi connectivity index (χ4n) is 2.04. The average Bonchev–Trinajstić information content (AvgIpc) is 2.58. The van der Waals surface area contributed by atoms with E-state index in [4.69, 9.17) is 9.47 Å². The molecule has 0 aliphatic heterocycles. The van der Waals surface area contributed by atoms with Crippen molar-refractivity contribution in [3.8, 4) is 5.75 Å². The summed E-state index contributed by atoms with van der Waals surface area (Å²) in [7, 11) is 0. The van der Waals surface area contributed by atoms with Crippen LogP contribution in [0.25, 0.3) is 0 Å². The van der Waals surface area contributed by atoms with Crippen LogP contribution in [-0.2, 0) is 16.0 Å². The third-order valence-corrected chi connectivity index (χ3v) is 3.24. The van der Waals surface area contributed by atoms with Crippen LogP contribution in [-0.4, -0.2) is 24.2 Å². The highest BCUT2D eigenvalue weighted by molar-refractivity contribution is 5.69. The smallest absolute Gasteiger partial charge is 0.305 e. The van der Waals surface area contributed by atoms with Crippen LogP contribution in [0.3, 0.4) is 0 Å². The number of hydrogen-bond acceptors (Lipinski definition) is 4. The number of esters is 1. The summed E-state index contributed by atoms with van der Waals surface area (Å²) in [6.07, 6.45) is 5.89. The van der Waals surface area contributed by atoms with E-state index in [9.17, 15) is 9.18 Å². The molecule has 0 aliphatic carbocycles. The molecule has 5 heteroatoms. The van der Waals surface area contributed by atoms with E-state index >= 15 is 0 Å². The molecule has 2 aromatic rings.